The van der Waals surface area contributed by atoms with Gasteiger partial charge in [0.05, 0.1) is 12.1 Å². The topological polar surface area (TPSA) is 70.1 Å². The van der Waals surface area contributed by atoms with Gasteiger partial charge in [-0.3, -0.25) is 4.90 Å². The highest BCUT2D eigenvalue weighted by Gasteiger charge is 2.20. The average molecular weight is 454 g/mol. The Bertz CT molecular complexity index is 1240. The predicted molar refractivity (Wildman–Crippen MR) is 137 cm³/mol. The lowest BCUT2D eigenvalue weighted by atomic mass is 9.87. The van der Waals surface area contributed by atoms with Crippen molar-refractivity contribution >= 4 is 28.4 Å². The summed E-state index contributed by atoms with van der Waals surface area (Å²) in [6, 6.07) is 18.7. The van der Waals surface area contributed by atoms with Gasteiger partial charge in [0.15, 0.2) is 0 Å². The fourth-order valence-corrected chi connectivity index (χ4v) is 4.24. The molecule has 1 N–H and O–H groups in total. The van der Waals surface area contributed by atoms with E-state index in [1.54, 1.807) is 12.4 Å². The number of para-hydroxylation sites is 1. The Labute approximate surface area is 200 Å². The molecule has 0 spiro atoms. The second-order valence-electron chi connectivity index (χ2n) is 9.77. The van der Waals surface area contributed by atoms with E-state index in [0.717, 1.165) is 60.4 Å². The molecule has 1 aliphatic heterocycles. The summed E-state index contributed by atoms with van der Waals surface area (Å²) in [5.41, 5.74) is 3.42. The molecule has 0 saturated carbocycles. The zero-order valence-corrected chi connectivity index (χ0v) is 20.1. The second kappa shape index (κ2) is 9.35. The van der Waals surface area contributed by atoms with Gasteiger partial charge in [0.25, 0.3) is 0 Å². The number of nitrogens with zero attached hydrogens (tertiary/aromatic N) is 6. The second-order valence-corrected chi connectivity index (χ2v) is 9.77. The summed E-state index contributed by atoms with van der Waals surface area (Å²) < 4.78 is 0. The summed E-state index contributed by atoms with van der Waals surface area (Å²) in [7, 11) is 0. The van der Waals surface area contributed by atoms with Gasteiger partial charge in [0.1, 0.15) is 11.6 Å². The number of fused-ring (bicyclic) bond motifs is 1. The van der Waals surface area contributed by atoms with Gasteiger partial charge in [-0.1, -0.05) is 45.0 Å². The highest BCUT2D eigenvalue weighted by atomic mass is 15.3. The molecule has 0 aliphatic carbocycles. The molecule has 0 atom stereocenters. The summed E-state index contributed by atoms with van der Waals surface area (Å²) in [6.45, 7) is 11.0. The van der Waals surface area contributed by atoms with E-state index in [1.807, 2.05) is 18.2 Å². The van der Waals surface area contributed by atoms with Crippen LogP contribution in [0.3, 0.4) is 0 Å². The van der Waals surface area contributed by atoms with Crippen molar-refractivity contribution in [2.24, 2.45) is 0 Å². The maximum atomic E-state index is 4.94. The number of aromatic nitrogens is 4. The van der Waals surface area contributed by atoms with Crippen LogP contribution in [-0.4, -0.2) is 51.0 Å². The van der Waals surface area contributed by atoms with E-state index in [9.17, 15) is 0 Å². The van der Waals surface area contributed by atoms with E-state index < -0.39 is 0 Å². The maximum Gasteiger partial charge on any atom is 0.225 e. The minimum atomic E-state index is 0.129. The lowest BCUT2D eigenvalue weighted by molar-refractivity contribution is 0.243. The van der Waals surface area contributed by atoms with Crippen LogP contribution < -0.4 is 10.2 Å². The molecule has 1 fully saturated rings. The molecule has 1 aliphatic rings. The molecule has 2 aromatic heterocycles. The quantitative estimate of drug-likeness (QED) is 0.466. The first-order chi connectivity index (χ1) is 16.5. The highest BCUT2D eigenvalue weighted by Crippen LogP contribution is 2.27. The molecule has 34 heavy (non-hydrogen) atoms. The molecule has 7 heteroatoms. The summed E-state index contributed by atoms with van der Waals surface area (Å²) in [6.07, 6.45) is 3.59. The standard InChI is InChI=1S/C27H31N7/c1-27(2,3)20-9-11-21(12-10-20)30-25-22-7-4-5-8-23(22)31-24(32-25)19-33-15-17-34(18-16-33)26-28-13-6-14-29-26/h4-14H,15-19H2,1-3H3,(H,30,31,32). The average Bonchev–Trinajstić information content (AvgIpc) is 2.85. The molecule has 174 valence electrons. The van der Waals surface area contributed by atoms with Crippen LogP contribution in [0, 0.1) is 0 Å². The van der Waals surface area contributed by atoms with Gasteiger partial charge in [-0.15, -0.1) is 0 Å². The van der Waals surface area contributed by atoms with Crippen LogP contribution in [0.15, 0.2) is 67.0 Å². The fourth-order valence-electron chi connectivity index (χ4n) is 4.24. The van der Waals surface area contributed by atoms with E-state index in [2.05, 4.69) is 82.3 Å². The third-order valence-electron chi connectivity index (χ3n) is 6.24. The lowest BCUT2D eigenvalue weighted by Gasteiger charge is -2.34. The SMILES string of the molecule is CC(C)(C)c1ccc(Nc2nc(CN3CCN(c4ncccn4)CC3)nc3ccccc23)cc1. The van der Waals surface area contributed by atoms with Gasteiger partial charge < -0.3 is 10.2 Å². The van der Waals surface area contributed by atoms with E-state index in [1.165, 1.54) is 5.56 Å². The highest BCUT2D eigenvalue weighted by molar-refractivity contribution is 5.90. The molecule has 1 saturated heterocycles. The molecule has 2 aromatic carbocycles. The Hall–Kier alpha value is -3.58. The molecular formula is C27H31N7. The normalized spacial score (nSPS) is 15.0. The summed E-state index contributed by atoms with van der Waals surface area (Å²) in [4.78, 5) is 23.2. The summed E-state index contributed by atoms with van der Waals surface area (Å²) in [5.74, 6) is 2.48. The van der Waals surface area contributed by atoms with Crippen LogP contribution in [0.2, 0.25) is 0 Å². The van der Waals surface area contributed by atoms with Crippen LogP contribution in [0.4, 0.5) is 17.5 Å². The number of hydrogen-bond donors (Lipinski definition) is 1. The van der Waals surface area contributed by atoms with Crippen LogP contribution >= 0.6 is 0 Å². The molecule has 0 radical (unpaired) electrons. The Balaban J connectivity index is 1.33. The number of rotatable bonds is 5. The van der Waals surface area contributed by atoms with Gasteiger partial charge in [-0.2, -0.15) is 0 Å². The molecule has 0 amide bonds. The van der Waals surface area contributed by atoms with Crippen molar-refractivity contribution in [3.8, 4) is 0 Å². The third-order valence-corrected chi connectivity index (χ3v) is 6.24. The van der Waals surface area contributed by atoms with Crippen molar-refractivity contribution in [1.82, 2.24) is 24.8 Å². The Morgan fingerprint density at radius 1 is 0.824 bits per heavy atom. The molecule has 3 heterocycles. The number of hydrogen-bond acceptors (Lipinski definition) is 7. The van der Waals surface area contributed by atoms with Gasteiger partial charge >= 0.3 is 0 Å². The van der Waals surface area contributed by atoms with Gasteiger partial charge in [0, 0.05) is 49.6 Å². The third kappa shape index (κ3) is 4.99. The lowest BCUT2D eigenvalue weighted by Crippen LogP contribution is -2.46. The van der Waals surface area contributed by atoms with Crippen molar-refractivity contribution in [3.05, 3.63) is 78.4 Å². The Morgan fingerprint density at radius 2 is 1.53 bits per heavy atom. The number of nitrogens with one attached hydrogen (secondary N) is 1. The first-order valence-corrected chi connectivity index (χ1v) is 11.8. The van der Waals surface area contributed by atoms with Crippen LogP contribution in [0.25, 0.3) is 10.9 Å². The van der Waals surface area contributed by atoms with Crippen LogP contribution in [0.5, 0.6) is 0 Å². The predicted octanol–water partition coefficient (Wildman–Crippen LogP) is 4.78. The zero-order valence-electron chi connectivity index (χ0n) is 20.1. The smallest absolute Gasteiger partial charge is 0.225 e. The van der Waals surface area contributed by atoms with Gasteiger partial charge in [-0.05, 0) is 41.3 Å². The molecule has 0 bridgehead atoms. The maximum absolute atomic E-state index is 4.94. The number of anilines is 3. The number of piperazine rings is 1. The van der Waals surface area contributed by atoms with E-state index >= 15 is 0 Å². The molecule has 4 aromatic rings. The van der Waals surface area contributed by atoms with Crippen molar-refractivity contribution in [3.63, 3.8) is 0 Å². The van der Waals surface area contributed by atoms with Crippen molar-refractivity contribution in [2.75, 3.05) is 36.4 Å². The molecule has 7 nitrogen and oxygen atoms in total. The zero-order chi connectivity index (χ0) is 23.5. The number of benzene rings is 2. The monoisotopic (exact) mass is 453 g/mol. The van der Waals surface area contributed by atoms with Crippen molar-refractivity contribution < 1.29 is 0 Å². The molecule has 0 unspecified atom stereocenters. The van der Waals surface area contributed by atoms with E-state index in [-0.39, 0.29) is 5.41 Å². The van der Waals surface area contributed by atoms with E-state index in [4.69, 9.17) is 9.97 Å². The minimum absolute atomic E-state index is 0.129. The van der Waals surface area contributed by atoms with Crippen LogP contribution in [0.1, 0.15) is 32.2 Å². The largest absolute Gasteiger partial charge is 0.340 e. The first-order valence-electron chi connectivity index (χ1n) is 11.8. The summed E-state index contributed by atoms with van der Waals surface area (Å²) >= 11 is 0. The molecule has 5 rings (SSSR count). The van der Waals surface area contributed by atoms with Gasteiger partial charge in [-0.25, -0.2) is 19.9 Å². The van der Waals surface area contributed by atoms with Crippen LogP contribution in [-0.2, 0) is 12.0 Å². The van der Waals surface area contributed by atoms with Crippen molar-refractivity contribution in [1.29, 1.82) is 0 Å². The Kier molecular flexibility index (Phi) is 6.11. The Morgan fingerprint density at radius 3 is 2.24 bits per heavy atom. The molecular weight excluding hydrogens is 422 g/mol. The van der Waals surface area contributed by atoms with Gasteiger partial charge in [0.2, 0.25) is 5.95 Å². The first kappa shape index (κ1) is 22.2. The van der Waals surface area contributed by atoms with E-state index in [0.29, 0.717) is 6.54 Å². The fraction of sp³-hybridized carbons (Fsp3) is 0.333. The summed E-state index contributed by atoms with van der Waals surface area (Å²) in [5, 5.41) is 4.56. The minimum Gasteiger partial charge on any atom is -0.340 e. The van der Waals surface area contributed by atoms with Crippen molar-refractivity contribution in [2.45, 2.75) is 32.7 Å².